The first-order chi connectivity index (χ1) is 9.67. The Labute approximate surface area is 122 Å². The largest absolute Gasteiger partial charge is 0.383 e. The maximum Gasteiger partial charge on any atom is 0.0589 e. The minimum atomic E-state index is 0.0863. The fourth-order valence-electron chi connectivity index (χ4n) is 2.08. The van der Waals surface area contributed by atoms with E-state index in [4.69, 9.17) is 15.2 Å². The van der Waals surface area contributed by atoms with Gasteiger partial charge in [-0.3, -0.25) is 4.90 Å². The monoisotopic (exact) mass is 280 g/mol. The van der Waals surface area contributed by atoms with Crippen LogP contribution in [0, 0.1) is 6.92 Å². The first kappa shape index (κ1) is 17.1. The van der Waals surface area contributed by atoms with Crippen LogP contribution >= 0.6 is 0 Å². The van der Waals surface area contributed by atoms with Gasteiger partial charge in [-0.15, -0.1) is 0 Å². The third-order valence-electron chi connectivity index (χ3n) is 3.49. The van der Waals surface area contributed by atoms with E-state index in [2.05, 4.69) is 36.1 Å². The van der Waals surface area contributed by atoms with Crippen LogP contribution in [0.2, 0.25) is 0 Å². The fraction of sp³-hybridized carbons (Fsp3) is 0.625. The smallest absolute Gasteiger partial charge is 0.0589 e. The van der Waals surface area contributed by atoms with Crippen molar-refractivity contribution in [3.05, 3.63) is 35.4 Å². The van der Waals surface area contributed by atoms with Crippen molar-refractivity contribution >= 4 is 0 Å². The van der Waals surface area contributed by atoms with Gasteiger partial charge in [0.05, 0.1) is 13.2 Å². The maximum absolute atomic E-state index is 6.26. The summed E-state index contributed by atoms with van der Waals surface area (Å²) in [5, 5.41) is 0. The first-order valence-corrected chi connectivity index (χ1v) is 7.19. The van der Waals surface area contributed by atoms with Crippen molar-refractivity contribution in [1.29, 1.82) is 0 Å². The lowest BCUT2D eigenvalue weighted by Gasteiger charge is -2.23. The number of hydrogen-bond acceptors (Lipinski definition) is 4. The maximum atomic E-state index is 6.26. The van der Waals surface area contributed by atoms with Gasteiger partial charge in [-0.05, 0) is 18.9 Å². The van der Waals surface area contributed by atoms with Crippen LogP contribution in [-0.4, -0.2) is 52.0 Å². The van der Waals surface area contributed by atoms with Crippen molar-refractivity contribution in [2.24, 2.45) is 5.73 Å². The van der Waals surface area contributed by atoms with Crippen LogP contribution in [0.4, 0.5) is 0 Å². The molecule has 0 heterocycles. The molecule has 1 atom stereocenters. The van der Waals surface area contributed by atoms with E-state index in [-0.39, 0.29) is 6.04 Å². The molecule has 1 rings (SSSR count). The topological polar surface area (TPSA) is 47.7 Å². The van der Waals surface area contributed by atoms with E-state index in [1.54, 1.807) is 14.2 Å². The highest BCUT2D eigenvalue weighted by atomic mass is 16.5. The molecule has 2 N–H and O–H groups in total. The molecule has 1 aromatic carbocycles. The fourth-order valence-corrected chi connectivity index (χ4v) is 2.08. The third-order valence-corrected chi connectivity index (χ3v) is 3.49. The van der Waals surface area contributed by atoms with Crippen molar-refractivity contribution in [1.82, 2.24) is 4.90 Å². The van der Waals surface area contributed by atoms with E-state index in [1.807, 2.05) is 0 Å². The van der Waals surface area contributed by atoms with Gasteiger partial charge in [0.2, 0.25) is 0 Å². The van der Waals surface area contributed by atoms with Crippen LogP contribution in [0.3, 0.4) is 0 Å². The molecule has 114 valence electrons. The van der Waals surface area contributed by atoms with Gasteiger partial charge in [0.25, 0.3) is 0 Å². The van der Waals surface area contributed by atoms with E-state index < -0.39 is 0 Å². The van der Waals surface area contributed by atoms with Crippen molar-refractivity contribution in [2.45, 2.75) is 19.4 Å². The highest BCUT2D eigenvalue weighted by Gasteiger charge is 2.10. The van der Waals surface area contributed by atoms with Gasteiger partial charge in [0.1, 0.15) is 0 Å². The molecule has 0 aliphatic heterocycles. The Balaban J connectivity index is 2.41. The van der Waals surface area contributed by atoms with E-state index in [1.165, 1.54) is 11.1 Å². The number of nitrogens with two attached hydrogens (primary N) is 1. The molecule has 0 spiro atoms. The highest BCUT2D eigenvalue weighted by Crippen LogP contribution is 2.15. The highest BCUT2D eigenvalue weighted by molar-refractivity contribution is 5.23. The Bertz CT molecular complexity index is 346. The molecular weight excluding hydrogens is 252 g/mol. The molecule has 0 amide bonds. The molecule has 4 nitrogen and oxygen atoms in total. The lowest BCUT2D eigenvalue weighted by atomic mass is 10.0. The van der Waals surface area contributed by atoms with E-state index in [9.17, 15) is 0 Å². The average Bonchev–Trinajstić information content (AvgIpc) is 2.47. The first-order valence-electron chi connectivity index (χ1n) is 7.19. The summed E-state index contributed by atoms with van der Waals surface area (Å²) in [6.45, 7) is 6.36. The summed E-state index contributed by atoms with van der Waals surface area (Å²) >= 11 is 0. The summed E-state index contributed by atoms with van der Waals surface area (Å²) in [6.07, 6.45) is 0.941. The molecule has 0 aliphatic carbocycles. The van der Waals surface area contributed by atoms with Gasteiger partial charge in [0, 0.05) is 39.9 Å². The summed E-state index contributed by atoms with van der Waals surface area (Å²) in [7, 11) is 3.46. The predicted octanol–water partition coefficient (Wildman–Crippen LogP) is 1.98. The molecule has 1 unspecified atom stereocenters. The lowest BCUT2D eigenvalue weighted by molar-refractivity contribution is 0.112. The average molecular weight is 280 g/mol. The Morgan fingerprint density at radius 1 is 1.00 bits per heavy atom. The Morgan fingerprint density at radius 2 is 1.55 bits per heavy atom. The second-order valence-corrected chi connectivity index (χ2v) is 5.13. The summed E-state index contributed by atoms with van der Waals surface area (Å²) in [5.74, 6) is 0. The summed E-state index contributed by atoms with van der Waals surface area (Å²) in [4.78, 5) is 2.33. The molecule has 0 radical (unpaired) electrons. The van der Waals surface area contributed by atoms with E-state index >= 15 is 0 Å². The molecule has 0 saturated carbocycles. The van der Waals surface area contributed by atoms with Crippen LogP contribution < -0.4 is 5.73 Å². The number of nitrogens with zero attached hydrogens (tertiary/aromatic N) is 1. The normalized spacial score (nSPS) is 12.8. The van der Waals surface area contributed by atoms with Gasteiger partial charge in [-0.1, -0.05) is 29.8 Å². The standard InChI is InChI=1S/C16H28N2O2/c1-14-4-6-15(7-5-14)16(17)8-9-18(10-12-19-2)11-13-20-3/h4-7,16H,8-13,17H2,1-3H3. The molecule has 0 saturated heterocycles. The molecule has 0 fully saturated rings. The number of aryl methyl sites for hydroxylation is 1. The number of benzene rings is 1. The van der Waals surface area contributed by atoms with Gasteiger partial charge in [-0.2, -0.15) is 0 Å². The van der Waals surface area contributed by atoms with E-state index in [0.29, 0.717) is 0 Å². The molecular formula is C16H28N2O2. The molecule has 1 aromatic rings. The quantitative estimate of drug-likeness (QED) is 0.712. The van der Waals surface area contributed by atoms with Crippen LogP contribution in [0.1, 0.15) is 23.6 Å². The number of hydrogen-bond donors (Lipinski definition) is 1. The van der Waals surface area contributed by atoms with Gasteiger partial charge < -0.3 is 15.2 Å². The van der Waals surface area contributed by atoms with Crippen LogP contribution in [0.5, 0.6) is 0 Å². The molecule has 0 aromatic heterocycles. The van der Waals surface area contributed by atoms with Crippen molar-refractivity contribution in [2.75, 3.05) is 47.1 Å². The summed E-state index contributed by atoms with van der Waals surface area (Å²) < 4.78 is 10.3. The number of ether oxygens (including phenoxy) is 2. The molecule has 0 bridgehead atoms. The van der Waals surface area contributed by atoms with Crippen LogP contribution in [0.15, 0.2) is 24.3 Å². The van der Waals surface area contributed by atoms with Gasteiger partial charge >= 0.3 is 0 Å². The lowest BCUT2D eigenvalue weighted by Crippen LogP contribution is -2.33. The van der Waals surface area contributed by atoms with Crippen molar-refractivity contribution < 1.29 is 9.47 Å². The zero-order chi connectivity index (χ0) is 14.8. The second kappa shape index (κ2) is 9.88. The zero-order valence-electron chi connectivity index (χ0n) is 13.0. The molecule has 4 heteroatoms. The Morgan fingerprint density at radius 3 is 2.05 bits per heavy atom. The number of methoxy groups -OCH3 is 2. The minimum Gasteiger partial charge on any atom is -0.383 e. The summed E-state index contributed by atoms with van der Waals surface area (Å²) in [5.41, 5.74) is 8.73. The van der Waals surface area contributed by atoms with E-state index in [0.717, 1.165) is 39.3 Å². The minimum absolute atomic E-state index is 0.0863. The van der Waals surface area contributed by atoms with Crippen molar-refractivity contribution in [3.8, 4) is 0 Å². The predicted molar refractivity (Wildman–Crippen MR) is 82.9 cm³/mol. The summed E-state index contributed by atoms with van der Waals surface area (Å²) in [6, 6.07) is 8.55. The third kappa shape index (κ3) is 6.48. The van der Waals surface area contributed by atoms with Gasteiger partial charge in [-0.25, -0.2) is 0 Å². The molecule has 0 aliphatic rings. The Kier molecular flexibility index (Phi) is 8.46. The zero-order valence-corrected chi connectivity index (χ0v) is 13.0. The Hall–Kier alpha value is -0.940. The molecule has 20 heavy (non-hydrogen) atoms. The van der Waals surface area contributed by atoms with Crippen molar-refractivity contribution in [3.63, 3.8) is 0 Å². The van der Waals surface area contributed by atoms with Gasteiger partial charge in [0.15, 0.2) is 0 Å². The van der Waals surface area contributed by atoms with Crippen LogP contribution in [-0.2, 0) is 9.47 Å². The SMILES string of the molecule is COCCN(CCOC)CCC(N)c1ccc(C)cc1. The van der Waals surface area contributed by atoms with Crippen LogP contribution in [0.25, 0.3) is 0 Å². The second-order valence-electron chi connectivity index (χ2n) is 5.13. The number of rotatable bonds is 10.